The fourth-order valence-electron chi connectivity index (χ4n) is 4.05. The second-order valence-electron chi connectivity index (χ2n) is 7.02. The number of rotatable bonds is 3. The molecule has 8 nitrogen and oxygen atoms in total. The zero-order valence-corrected chi connectivity index (χ0v) is 15.2. The fourth-order valence-corrected chi connectivity index (χ4v) is 4.05. The molecule has 1 aliphatic rings. The van der Waals surface area contributed by atoms with E-state index in [0.717, 1.165) is 39.7 Å². The van der Waals surface area contributed by atoms with E-state index in [4.69, 9.17) is 5.73 Å². The van der Waals surface area contributed by atoms with Crippen LogP contribution in [-0.4, -0.2) is 43.2 Å². The first-order valence-corrected chi connectivity index (χ1v) is 9.07. The number of aryl methyl sites for hydroxylation is 1. The molecule has 0 saturated carbocycles. The molecule has 0 spiro atoms. The molecule has 9 heteroatoms. The van der Waals surface area contributed by atoms with Crippen molar-refractivity contribution in [2.75, 3.05) is 11.4 Å². The van der Waals surface area contributed by atoms with Gasteiger partial charge in [-0.15, -0.1) is 0 Å². The number of amides is 1. The van der Waals surface area contributed by atoms with Crippen molar-refractivity contribution >= 4 is 33.8 Å². The van der Waals surface area contributed by atoms with Gasteiger partial charge in [-0.25, -0.2) is 14.4 Å². The lowest BCUT2D eigenvalue weighted by atomic mass is 10.2. The summed E-state index contributed by atoms with van der Waals surface area (Å²) in [5, 5.41) is 7.77. The zero-order valence-electron chi connectivity index (χ0n) is 15.2. The number of hydrogen-bond donors (Lipinski definition) is 2. The van der Waals surface area contributed by atoms with Crippen molar-refractivity contribution in [1.82, 2.24) is 24.7 Å². The normalized spacial score (nSPS) is 17.1. The van der Waals surface area contributed by atoms with Gasteiger partial charge in [-0.2, -0.15) is 5.10 Å². The SMILES string of the molecule is Cc1nc(N2CCC[C@@H]2C(N)=O)ncc1-n1c2ccc(F)cc2c2[nH]ncc21. The molecule has 142 valence electrons. The van der Waals surface area contributed by atoms with Crippen LogP contribution in [0.5, 0.6) is 0 Å². The monoisotopic (exact) mass is 379 g/mol. The van der Waals surface area contributed by atoms with Gasteiger partial charge in [-0.1, -0.05) is 0 Å². The summed E-state index contributed by atoms with van der Waals surface area (Å²) >= 11 is 0. The molecule has 3 aromatic heterocycles. The number of hydrogen-bond acceptors (Lipinski definition) is 5. The molecule has 1 atom stereocenters. The van der Waals surface area contributed by atoms with E-state index >= 15 is 0 Å². The highest BCUT2D eigenvalue weighted by Gasteiger charge is 2.31. The van der Waals surface area contributed by atoms with Crippen LogP contribution in [0.25, 0.3) is 27.6 Å². The lowest BCUT2D eigenvalue weighted by Gasteiger charge is -2.22. The van der Waals surface area contributed by atoms with E-state index in [9.17, 15) is 9.18 Å². The van der Waals surface area contributed by atoms with Gasteiger partial charge in [0.15, 0.2) is 0 Å². The topological polar surface area (TPSA) is 106 Å². The molecule has 4 heterocycles. The van der Waals surface area contributed by atoms with Gasteiger partial charge >= 0.3 is 0 Å². The van der Waals surface area contributed by atoms with Crippen molar-refractivity contribution in [3.63, 3.8) is 0 Å². The van der Waals surface area contributed by atoms with E-state index in [2.05, 4.69) is 20.2 Å². The molecule has 0 unspecified atom stereocenters. The van der Waals surface area contributed by atoms with Crippen LogP contribution in [0.1, 0.15) is 18.5 Å². The number of carbonyl (C=O) groups is 1. The molecule has 0 radical (unpaired) electrons. The molecular weight excluding hydrogens is 361 g/mol. The Morgan fingerprint density at radius 2 is 2.18 bits per heavy atom. The predicted molar refractivity (Wildman–Crippen MR) is 103 cm³/mol. The third-order valence-corrected chi connectivity index (χ3v) is 5.35. The average Bonchev–Trinajstić information content (AvgIpc) is 3.38. The van der Waals surface area contributed by atoms with Crippen LogP contribution in [0.15, 0.2) is 30.6 Å². The van der Waals surface area contributed by atoms with Crippen LogP contribution in [0.3, 0.4) is 0 Å². The molecule has 0 bridgehead atoms. The third kappa shape index (κ3) is 2.35. The van der Waals surface area contributed by atoms with Gasteiger partial charge < -0.3 is 15.2 Å². The van der Waals surface area contributed by atoms with Crippen LogP contribution in [0, 0.1) is 12.7 Å². The summed E-state index contributed by atoms with van der Waals surface area (Å²) in [6, 6.07) is 4.27. The van der Waals surface area contributed by atoms with E-state index in [0.29, 0.717) is 18.9 Å². The number of fused-ring (bicyclic) bond motifs is 3. The number of H-pyrrole nitrogens is 1. The Bertz CT molecular complexity index is 1230. The Morgan fingerprint density at radius 3 is 2.96 bits per heavy atom. The van der Waals surface area contributed by atoms with Gasteiger partial charge in [-0.3, -0.25) is 9.89 Å². The molecule has 1 aromatic carbocycles. The maximum absolute atomic E-state index is 13.8. The summed E-state index contributed by atoms with van der Waals surface area (Å²) in [5.41, 5.74) is 9.43. The standard InChI is InChI=1S/C19H18FN7O/c1-10-15(8-22-19(24-10)26-6-2-3-14(26)18(21)28)27-13-5-4-11(20)7-12(13)17-16(27)9-23-25-17/h4-5,7-9,14H,2-3,6H2,1H3,(H2,21,28)(H,23,25)/t14-/m1/s1. The maximum atomic E-state index is 13.8. The molecule has 5 rings (SSSR count). The van der Waals surface area contributed by atoms with E-state index in [1.165, 1.54) is 12.1 Å². The largest absolute Gasteiger partial charge is 0.368 e. The van der Waals surface area contributed by atoms with Crippen molar-refractivity contribution in [2.45, 2.75) is 25.8 Å². The van der Waals surface area contributed by atoms with E-state index < -0.39 is 0 Å². The van der Waals surface area contributed by atoms with Crippen LogP contribution < -0.4 is 10.6 Å². The highest BCUT2D eigenvalue weighted by Crippen LogP contribution is 2.32. The Morgan fingerprint density at radius 1 is 1.32 bits per heavy atom. The van der Waals surface area contributed by atoms with Gasteiger partial charge in [0.1, 0.15) is 11.9 Å². The first-order valence-electron chi connectivity index (χ1n) is 9.07. The Balaban J connectivity index is 1.66. The van der Waals surface area contributed by atoms with Crippen LogP contribution >= 0.6 is 0 Å². The van der Waals surface area contributed by atoms with E-state index in [1.807, 2.05) is 16.4 Å². The molecule has 1 aliphatic heterocycles. The highest BCUT2D eigenvalue weighted by atomic mass is 19.1. The van der Waals surface area contributed by atoms with Crippen molar-refractivity contribution < 1.29 is 9.18 Å². The van der Waals surface area contributed by atoms with Crippen molar-refractivity contribution in [1.29, 1.82) is 0 Å². The number of carbonyl (C=O) groups excluding carboxylic acids is 1. The molecule has 1 saturated heterocycles. The zero-order chi connectivity index (χ0) is 19.4. The van der Waals surface area contributed by atoms with Gasteiger partial charge in [0.05, 0.1) is 40.3 Å². The lowest BCUT2D eigenvalue weighted by molar-refractivity contribution is -0.119. The first-order chi connectivity index (χ1) is 13.5. The number of primary amides is 1. The number of nitrogens with one attached hydrogen (secondary N) is 1. The second kappa shape index (κ2) is 6.01. The van der Waals surface area contributed by atoms with Crippen LogP contribution in [-0.2, 0) is 4.79 Å². The third-order valence-electron chi connectivity index (χ3n) is 5.35. The average molecular weight is 379 g/mol. The van der Waals surface area contributed by atoms with Gasteiger partial charge in [0.25, 0.3) is 0 Å². The summed E-state index contributed by atoms with van der Waals surface area (Å²) in [7, 11) is 0. The molecule has 0 aliphatic carbocycles. The number of halogens is 1. The van der Waals surface area contributed by atoms with E-state index in [1.54, 1.807) is 18.5 Å². The smallest absolute Gasteiger partial charge is 0.240 e. The molecule has 28 heavy (non-hydrogen) atoms. The number of nitrogens with zero attached hydrogens (tertiary/aromatic N) is 5. The van der Waals surface area contributed by atoms with Crippen molar-refractivity contribution in [3.05, 3.63) is 42.1 Å². The Kier molecular flexibility index (Phi) is 3.58. The maximum Gasteiger partial charge on any atom is 0.240 e. The van der Waals surface area contributed by atoms with Gasteiger partial charge in [0.2, 0.25) is 11.9 Å². The second-order valence-corrected chi connectivity index (χ2v) is 7.02. The number of aromatic amines is 1. The summed E-state index contributed by atoms with van der Waals surface area (Å²) in [6.07, 6.45) is 5.01. The summed E-state index contributed by atoms with van der Waals surface area (Å²) in [6.45, 7) is 2.58. The molecule has 1 amide bonds. The number of anilines is 1. The number of aromatic nitrogens is 5. The summed E-state index contributed by atoms with van der Waals surface area (Å²) < 4.78 is 15.7. The van der Waals surface area contributed by atoms with E-state index in [-0.39, 0.29) is 17.8 Å². The Labute approximate surface area is 159 Å². The minimum absolute atomic E-state index is 0.309. The molecule has 1 fully saturated rings. The quantitative estimate of drug-likeness (QED) is 0.568. The summed E-state index contributed by atoms with van der Waals surface area (Å²) in [5.74, 6) is -0.175. The van der Waals surface area contributed by atoms with Gasteiger partial charge in [0, 0.05) is 11.9 Å². The van der Waals surface area contributed by atoms with Gasteiger partial charge in [-0.05, 0) is 38.0 Å². The highest BCUT2D eigenvalue weighted by molar-refractivity contribution is 6.06. The first kappa shape index (κ1) is 16.7. The molecule has 3 N–H and O–H groups in total. The predicted octanol–water partition coefficient (Wildman–Crippen LogP) is 2.20. The Hall–Kier alpha value is -3.49. The number of benzene rings is 1. The van der Waals surface area contributed by atoms with Crippen molar-refractivity contribution in [3.8, 4) is 5.69 Å². The lowest BCUT2D eigenvalue weighted by Crippen LogP contribution is -2.41. The number of nitrogens with two attached hydrogens (primary N) is 1. The van der Waals surface area contributed by atoms with Crippen molar-refractivity contribution in [2.24, 2.45) is 5.73 Å². The van der Waals surface area contributed by atoms with Crippen LogP contribution in [0.2, 0.25) is 0 Å². The minimum Gasteiger partial charge on any atom is -0.368 e. The molecule has 4 aromatic rings. The summed E-state index contributed by atoms with van der Waals surface area (Å²) in [4.78, 5) is 22.7. The fraction of sp³-hybridized carbons (Fsp3) is 0.263. The minimum atomic E-state index is -0.374. The van der Waals surface area contributed by atoms with Crippen LogP contribution in [0.4, 0.5) is 10.3 Å². The molecular formula is C19H18FN7O.